The first kappa shape index (κ1) is 11.2. The van der Waals surface area contributed by atoms with Crippen LogP contribution in [0.5, 0.6) is 0 Å². The van der Waals surface area contributed by atoms with Gasteiger partial charge in [0, 0.05) is 15.6 Å². The smallest absolute Gasteiger partial charge is 0.0348 e. The summed E-state index contributed by atoms with van der Waals surface area (Å²) in [7, 11) is 0. The van der Waals surface area contributed by atoms with Crippen molar-refractivity contribution < 1.29 is 0 Å². The number of aryl methyl sites for hydroxylation is 1. The molecule has 0 unspecified atom stereocenters. The van der Waals surface area contributed by atoms with E-state index in [9.17, 15) is 0 Å². The fraction of sp³-hybridized carbons (Fsp3) is 0.467. The van der Waals surface area contributed by atoms with Crippen LogP contribution in [0.2, 0.25) is 0 Å². The lowest BCUT2D eigenvalue weighted by atomic mass is 9.92. The molecule has 2 aromatic rings. The van der Waals surface area contributed by atoms with Gasteiger partial charge in [0.25, 0.3) is 0 Å². The lowest BCUT2D eigenvalue weighted by molar-refractivity contribution is 0.384. The average Bonchev–Trinajstić information content (AvgIpc) is 2.72. The quantitative estimate of drug-likeness (QED) is 0.798. The van der Waals surface area contributed by atoms with Gasteiger partial charge in [0.1, 0.15) is 0 Å². The first-order chi connectivity index (χ1) is 8.22. The highest BCUT2D eigenvalue weighted by Gasteiger charge is 2.21. The van der Waals surface area contributed by atoms with Crippen molar-refractivity contribution in [3.8, 4) is 0 Å². The fourth-order valence-corrected chi connectivity index (χ4v) is 4.06. The zero-order valence-corrected chi connectivity index (χ0v) is 11.3. The lowest BCUT2D eigenvalue weighted by Gasteiger charge is -2.27. The van der Waals surface area contributed by atoms with Crippen LogP contribution in [0, 0.1) is 6.92 Å². The largest absolute Gasteiger partial charge is 0.314 e. The molecule has 1 nitrogen and oxygen atoms in total. The second-order valence-corrected chi connectivity index (χ2v) is 6.38. The summed E-state index contributed by atoms with van der Waals surface area (Å²) in [6.45, 7) is 5.63. The molecule has 1 aromatic carbocycles. The Bertz CT molecular complexity index is 529. The predicted octanol–water partition coefficient (Wildman–Crippen LogP) is 4.07. The van der Waals surface area contributed by atoms with Crippen molar-refractivity contribution >= 4 is 21.4 Å². The van der Waals surface area contributed by atoms with Crippen LogP contribution in [0.25, 0.3) is 10.1 Å². The molecule has 0 bridgehead atoms. The van der Waals surface area contributed by atoms with Crippen molar-refractivity contribution in [1.29, 1.82) is 0 Å². The van der Waals surface area contributed by atoms with Crippen molar-refractivity contribution in [2.75, 3.05) is 6.54 Å². The first-order valence-corrected chi connectivity index (χ1v) is 7.27. The lowest BCUT2D eigenvalue weighted by Crippen LogP contribution is -2.34. The molecule has 0 amide bonds. The standard InChI is InChI=1S/C15H19NS/c1-10-3-4-12-9-15(17-14(12)7-10)13-5-6-16-11(2)8-13/h3-4,7,9,11,13,16H,5-6,8H2,1-2H3/t11-,13+/m1/s1. The zero-order valence-electron chi connectivity index (χ0n) is 10.5. The normalized spacial score (nSPS) is 25.3. The summed E-state index contributed by atoms with van der Waals surface area (Å²) < 4.78 is 1.45. The van der Waals surface area contributed by atoms with Crippen LogP contribution in [0.4, 0.5) is 0 Å². The Labute approximate surface area is 107 Å². The molecule has 0 saturated carbocycles. The van der Waals surface area contributed by atoms with E-state index < -0.39 is 0 Å². The molecule has 0 aliphatic carbocycles. The van der Waals surface area contributed by atoms with Crippen molar-refractivity contribution in [2.24, 2.45) is 0 Å². The monoisotopic (exact) mass is 245 g/mol. The van der Waals surface area contributed by atoms with Gasteiger partial charge in [-0.05, 0) is 62.2 Å². The number of hydrogen-bond acceptors (Lipinski definition) is 2. The highest BCUT2D eigenvalue weighted by molar-refractivity contribution is 7.19. The highest BCUT2D eigenvalue weighted by Crippen LogP contribution is 2.36. The summed E-state index contributed by atoms with van der Waals surface area (Å²) >= 11 is 1.99. The van der Waals surface area contributed by atoms with Crippen LogP contribution in [0.15, 0.2) is 24.3 Å². The van der Waals surface area contributed by atoms with Crippen LogP contribution in [0.1, 0.15) is 36.1 Å². The van der Waals surface area contributed by atoms with Gasteiger partial charge in [-0.2, -0.15) is 0 Å². The number of nitrogens with one attached hydrogen (secondary N) is 1. The fourth-order valence-electron chi connectivity index (χ4n) is 2.75. The summed E-state index contributed by atoms with van der Waals surface area (Å²) in [6, 6.07) is 9.86. The Kier molecular flexibility index (Phi) is 2.93. The van der Waals surface area contributed by atoms with E-state index in [2.05, 4.69) is 43.4 Å². The number of fused-ring (bicyclic) bond motifs is 1. The molecule has 1 aliphatic heterocycles. The number of rotatable bonds is 1. The molecule has 0 radical (unpaired) electrons. The molecule has 0 spiro atoms. The summed E-state index contributed by atoms with van der Waals surface area (Å²) in [5.74, 6) is 0.768. The minimum absolute atomic E-state index is 0.667. The Balaban J connectivity index is 1.94. The summed E-state index contributed by atoms with van der Waals surface area (Å²) in [6.07, 6.45) is 2.57. The van der Waals surface area contributed by atoms with Crippen LogP contribution in [-0.4, -0.2) is 12.6 Å². The Morgan fingerprint density at radius 1 is 1.29 bits per heavy atom. The van der Waals surface area contributed by atoms with Crippen molar-refractivity contribution in [3.63, 3.8) is 0 Å². The van der Waals surface area contributed by atoms with Gasteiger partial charge in [0.2, 0.25) is 0 Å². The minimum atomic E-state index is 0.667. The molecule has 1 N–H and O–H groups in total. The summed E-state index contributed by atoms with van der Waals surface area (Å²) in [5, 5.41) is 4.95. The summed E-state index contributed by atoms with van der Waals surface area (Å²) in [4.78, 5) is 1.58. The maximum absolute atomic E-state index is 3.53. The summed E-state index contributed by atoms with van der Waals surface area (Å²) in [5.41, 5.74) is 1.37. The van der Waals surface area contributed by atoms with E-state index >= 15 is 0 Å². The van der Waals surface area contributed by atoms with Crippen LogP contribution >= 0.6 is 11.3 Å². The van der Waals surface area contributed by atoms with Gasteiger partial charge in [-0.15, -0.1) is 11.3 Å². The second-order valence-electron chi connectivity index (χ2n) is 5.27. The Morgan fingerprint density at radius 3 is 3.00 bits per heavy atom. The molecule has 1 saturated heterocycles. The topological polar surface area (TPSA) is 12.0 Å². The van der Waals surface area contributed by atoms with E-state index in [1.54, 1.807) is 4.88 Å². The first-order valence-electron chi connectivity index (χ1n) is 6.46. The van der Waals surface area contributed by atoms with E-state index in [0.717, 1.165) is 5.92 Å². The van der Waals surface area contributed by atoms with E-state index in [4.69, 9.17) is 0 Å². The minimum Gasteiger partial charge on any atom is -0.314 e. The van der Waals surface area contributed by atoms with Crippen LogP contribution < -0.4 is 5.32 Å². The molecule has 1 fully saturated rings. The molecule has 2 atom stereocenters. The maximum Gasteiger partial charge on any atom is 0.0348 e. The molecule has 3 rings (SSSR count). The van der Waals surface area contributed by atoms with Crippen molar-refractivity contribution in [1.82, 2.24) is 5.32 Å². The van der Waals surface area contributed by atoms with Gasteiger partial charge >= 0.3 is 0 Å². The van der Waals surface area contributed by atoms with Crippen molar-refractivity contribution in [3.05, 3.63) is 34.7 Å². The molecule has 90 valence electrons. The van der Waals surface area contributed by atoms with E-state index in [-0.39, 0.29) is 0 Å². The SMILES string of the molecule is Cc1ccc2cc([C@H]3CCN[C@H](C)C3)sc2c1. The van der Waals surface area contributed by atoms with Crippen molar-refractivity contribution in [2.45, 2.75) is 38.6 Å². The maximum atomic E-state index is 3.53. The number of hydrogen-bond donors (Lipinski definition) is 1. The van der Waals surface area contributed by atoms with E-state index in [1.807, 2.05) is 11.3 Å². The molecule has 2 heteroatoms. The third-order valence-corrected chi connectivity index (χ3v) is 4.98. The third-order valence-electron chi connectivity index (χ3n) is 3.72. The number of benzene rings is 1. The number of thiophene rings is 1. The second kappa shape index (κ2) is 4.43. The molecule has 1 aromatic heterocycles. The van der Waals surface area contributed by atoms with Crippen LogP contribution in [0.3, 0.4) is 0 Å². The third kappa shape index (κ3) is 2.24. The van der Waals surface area contributed by atoms with Gasteiger partial charge in [0.05, 0.1) is 0 Å². The molecule has 17 heavy (non-hydrogen) atoms. The predicted molar refractivity (Wildman–Crippen MR) is 76.0 cm³/mol. The van der Waals surface area contributed by atoms with Gasteiger partial charge in [-0.1, -0.05) is 12.1 Å². The molecule has 2 heterocycles. The van der Waals surface area contributed by atoms with Gasteiger partial charge < -0.3 is 5.32 Å². The molecular weight excluding hydrogens is 226 g/mol. The van der Waals surface area contributed by atoms with E-state index in [0.29, 0.717) is 6.04 Å². The number of piperidine rings is 1. The molecular formula is C15H19NS. The van der Waals surface area contributed by atoms with Gasteiger partial charge in [-0.25, -0.2) is 0 Å². The zero-order chi connectivity index (χ0) is 11.8. The van der Waals surface area contributed by atoms with E-state index in [1.165, 1.54) is 35.0 Å². The van der Waals surface area contributed by atoms with Crippen LogP contribution in [-0.2, 0) is 0 Å². The van der Waals surface area contributed by atoms with Gasteiger partial charge in [0.15, 0.2) is 0 Å². The van der Waals surface area contributed by atoms with Gasteiger partial charge in [-0.3, -0.25) is 0 Å². The Morgan fingerprint density at radius 2 is 2.18 bits per heavy atom. The highest BCUT2D eigenvalue weighted by atomic mass is 32.1. The Hall–Kier alpha value is -0.860. The average molecular weight is 245 g/mol. The molecule has 1 aliphatic rings.